The van der Waals surface area contributed by atoms with Gasteiger partial charge in [-0.1, -0.05) is 18.6 Å². The van der Waals surface area contributed by atoms with E-state index in [-0.39, 0.29) is 11.8 Å². The number of ether oxygens (including phenoxy) is 1. The fourth-order valence-electron chi connectivity index (χ4n) is 2.93. The Hall–Kier alpha value is -2.30. The van der Waals surface area contributed by atoms with Crippen LogP contribution in [0, 0.1) is 6.92 Å². The van der Waals surface area contributed by atoms with E-state index in [4.69, 9.17) is 4.74 Å². The van der Waals surface area contributed by atoms with Crippen molar-refractivity contribution in [2.24, 2.45) is 0 Å². The lowest BCUT2D eigenvalue weighted by Crippen LogP contribution is -2.21. The first kappa shape index (κ1) is 14.6. The summed E-state index contributed by atoms with van der Waals surface area (Å²) in [5, 5.41) is 13.8. The standard InChI is InChI=1S/C17H20N2O3/c1-12-6-5-7-13(10-12)19-16(17(20)21)15(11-18-19)22-14-8-3-2-4-9-14/h5-7,10-11,14H,2-4,8-9H2,1H3,(H,20,21). The number of hydrogen-bond donors (Lipinski definition) is 1. The zero-order valence-corrected chi connectivity index (χ0v) is 12.7. The van der Waals surface area contributed by atoms with Gasteiger partial charge in [0.15, 0.2) is 11.4 Å². The number of carboxylic acid groups (broad SMARTS) is 1. The van der Waals surface area contributed by atoms with Crippen LogP contribution in [0.2, 0.25) is 0 Å². The van der Waals surface area contributed by atoms with Crippen LogP contribution in [-0.2, 0) is 0 Å². The predicted molar refractivity (Wildman–Crippen MR) is 82.8 cm³/mol. The first-order valence-corrected chi connectivity index (χ1v) is 7.70. The van der Waals surface area contributed by atoms with Crippen LogP contribution in [-0.4, -0.2) is 27.0 Å². The largest absolute Gasteiger partial charge is 0.486 e. The molecule has 1 aromatic carbocycles. The van der Waals surface area contributed by atoms with Crippen molar-refractivity contribution in [2.75, 3.05) is 0 Å². The number of rotatable bonds is 4. The van der Waals surface area contributed by atoms with E-state index in [2.05, 4.69) is 5.10 Å². The van der Waals surface area contributed by atoms with Crippen molar-refractivity contribution in [3.05, 3.63) is 41.7 Å². The number of hydrogen-bond acceptors (Lipinski definition) is 3. The highest BCUT2D eigenvalue weighted by Crippen LogP contribution is 2.27. The molecule has 1 aliphatic rings. The number of aromatic nitrogens is 2. The Morgan fingerprint density at radius 2 is 2.09 bits per heavy atom. The van der Waals surface area contributed by atoms with Crippen molar-refractivity contribution in [2.45, 2.75) is 45.1 Å². The number of carboxylic acids is 1. The van der Waals surface area contributed by atoms with Gasteiger partial charge < -0.3 is 9.84 Å². The molecule has 1 N–H and O–H groups in total. The van der Waals surface area contributed by atoms with Gasteiger partial charge in [0.1, 0.15) is 0 Å². The van der Waals surface area contributed by atoms with Crippen molar-refractivity contribution in [1.29, 1.82) is 0 Å². The monoisotopic (exact) mass is 300 g/mol. The van der Waals surface area contributed by atoms with E-state index in [1.165, 1.54) is 17.3 Å². The van der Waals surface area contributed by atoms with Crippen LogP contribution >= 0.6 is 0 Å². The number of carbonyl (C=O) groups is 1. The van der Waals surface area contributed by atoms with Gasteiger partial charge in [-0.3, -0.25) is 0 Å². The molecule has 0 atom stereocenters. The Labute approximate surface area is 129 Å². The van der Waals surface area contributed by atoms with Gasteiger partial charge in [0.2, 0.25) is 0 Å². The minimum Gasteiger partial charge on any atom is -0.486 e. The van der Waals surface area contributed by atoms with E-state index in [9.17, 15) is 9.90 Å². The number of nitrogens with zero attached hydrogens (tertiary/aromatic N) is 2. The van der Waals surface area contributed by atoms with Crippen LogP contribution in [0.1, 0.15) is 48.2 Å². The fraction of sp³-hybridized carbons (Fsp3) is 0.412. The van der Waals surface area contributed by atoms with Crippen LogP contribution in [0.3, 0.4) is 0 Å². The van der Waals surface area contributed by atoms with Crippen molar-refractivity contribution in [3.8, 4) is 11.4 Å². The Morgan fingerprint density at radius 1 is 1.32 bits per heavy atom. The van der Waals surface area contributed by atoms with Crippen LogP contribution < -0.4 is 4.74 Å². The van der Waals surface area contributed by atoms with Gasteiger partial charge in [-0.05, 0) is 50.3 Å². The molecule has 0 spiro atoms. The van der Waals surface area contributed by atoms with Gasteiger partial charge in [0, 0.05) is 0 Å². The van der Waals surface area contributed by atoms with Crippen molar-refractivity contribution >= 4 is 5.97 Å². The molecule has 5 heteroatoms. The van der Waals surface area contributed by atoms with Crippen LogP contribution in [0.5, 0.6) is 5.75 Å². The lowest BCUT2D eigenvalue weighted by atomic mass is 9.98. The molecule has 1 aromatic heterocycles. The Bertz CT molecular complexity index is 672. The zero-order chi connectivity index (χ0) is 15.5. The van der Waals surface area contributed by atoms with E-state index in [0.717, 1.165) is 36.9 Å². The molecular weight excluding hydrogens is 280 g/mol. The second-order valence-corrected chi connectivity index (χ2v) is 5.79. The van der Waals surface area contributed by atoms with Gasteiger partial charge >= 0.3 is 5.97 Å². The zero-order valence-electron chi connectivity index (χ0n) is 12.7. The maximum atomic E-state index is 11.7. The smallest absolute Gasteiger partial charge is 0.358 e. The van der Waals surface area contributed by atoms with E-state index in [0.29, 0.717) is 5.75 Å². The van der Waals surface area contributed by atoms with E-state index >= 15 is 0 Å². The van der Waals surface area contributed by atoms with Gasteiger partial charge in [-0.2, -0.15) is 5.10 Å². The lowest BCUT2D eigenvalue weighted by molar-refractivity contribution is 0.0676. The average Bonchev–Trinajstić information content (AvgIpc) is 2.92. The highest BCUT2D eigenvalue weighted by molar-refractivity contribution is 5.89. The minimum atomic E-state index is -1.02. The highest BCUT2D eigenvalue weighted by atomic mass is 16.5. The number of benzene rings is 1. The number of aromatic carboxylic acids is 1. The molecule has 116 valence electrons. The van der Waals surface area contributed by atoms with E-state index in [1.807, 2.05) is 31.2 Å². The normalized spacial score (nSPS) is 15.7. The van der Waals surface area contributed by atoms with Gasteiger partial charge in [0.25, 0.3) is 0 Å². The second kappa shape index (κ2) is 6.22. The summed E-state index contributed by atoms with van der Waals surface area (Å²) in [5.74, 6) is -0.661. The maximum Gasteiger partial charge on any atom is 0.358 e. The summed E-state index contributed by atoms with van der Waals surface area (Å²) in [5.41, 5.74) is 1.88. The molecule has 1 fully saturated rings. The molecule has 1 saturated carbocycles. The van der Waals surface area contributed by atoms with Gasteiger partial charge in [-0.15, -0.1) is 0 Å². The predicted octanol–water partition coefficient (Wildman–Crippen LogP) is 3.59. The molecule has 1 heterocycles. The lowest BCUT2D eigenvalue weighted by Gasteiger charge is -2.22. The molecule has 0 amide bonds. The molecule has 1 aliphatic carbocycles. The third kappa shape index (κ3) is 2.98. The van der Waals surface area contributed by atoms with Crippen molar-refractivity contribution in [1.82, 2.24) is 9.78 Å². The quantitative estimate of drug-likeness (QED) is 0.937. The molecule has 5 nitrogen and oxygen atoms in total. The Balaban J connectivity index is 1.93. The first-order valence-electron chi connectivity index (χ1n) is 7.70. The van der Waals surface area contributed by atoms with Crippen molar-refractivity contribution in [3.63, 3.8) is 0 Å². The van der Waals surface area contributed by atoms with Crippen LogP contribution in [0.4, 0.5) is 0 Å². The molecule has 0 saturated heterocycles. The molecule has 2 aromatic rings. The maximum absolute atomic E-state index is 11.7. The summed E-state index contributed by atoms with van der Waals surface area (Å²) < 4.78 is 7.35. The molecule has 0 aliphatic heterocycles. The molecule has 3 rings (SSSR count). The molecule has 0 bridgehead atoms. The van der Waals surface area contributed by atoms with Gasteiger partial charge in [-0.25, -0.2) is 9.48 Å². The first-order chi connectivity index (χ1) is 10.6. The summed E-state index contributed by atoms with van der Waals surface area (Å²) in [7, 11) is 0. The SMILES string of the molecule is Cc1cccc(-n2ncc(OC3CCCCC3)c2C(=O)O)c1. The Kier molecular flexibility index (Phi) is 4.13. The minimum absolute atomic E-state index is 0.0937. The topological polar surface area (TPSA) is 64.4 Å². The summed E-state index contributed by atoms with van der Waals surface area (Å²) in [6.07, 6.45) is 7.08. The van der Waals surface area contributed by atoms with Crippen molar-refractivity contribution < 1.29 is 14.6 Å². The molecule has 0 unspecified atom stereocenters. The fourth-order valence-corrected chi connectivity index (χ4v) is 2.93. The van der Waals surface area contributed by atoms with Gasteiger partial charge in [0.05, 0.1) is 18.0 Å². The molecule has 0 radical (unpaired) electrons. The number of aryl methyl sites for hydroxylation is 1. The average molecular weight is 300 g/mol. The summed E-state index contributed by atoms with van der Waals surface area (Å²) in [6, 6.07) is 7.60. The van der Waals surface area contributed by atoms with Crippen LogP contribution in [0.15, 0.2) is 30.5 Å². The summed E-state index contributed by atoms with van der Waals surface area (Å²) >= 11 is 0. The second-order valence-electron chi connectivity index (χ2n) is 5.79. The molecule has 22 heavy (non-hydrogen) atoms. The van der Waals surface area contributed by atoms with Crippen LogP contribution in [0.25, 0.3) is 5.69 Å². The third-order valence-electron chi connectivity index (χ3n) is 4.03. The highest BCUT2D eigenvalue weighted by Gasteiger charge is 2.24. The van der Waals surface area contributed by atoms with E-state index < -0.39 is 5.97 Å². The summed E-state index contributed by atoms with van der Waals surface area (Å²) in [4.78, 5) is 11.7. The Morgan fingerprint density at radius 3 is 2.77 bits per heavy atom. The summed E-state index contributed by atoms with van der Waals surface area (Å²) in [6.45, 7) is 1.97. The van der Waals surface area contributed by atoms with E-state index in [1.54, 1.807) is 0 Å². The third-order valence-corrected chi connectivity index (χ3v) is 4.03. The molecular formula is C17H20N2O3.